The van der Waals surface area contributed by atoms with Gasteiger partial charge in [-0.05, 0) is 25.2 Å². The molecule has 4 nitrogen and oxygen atoms in total. The Hall–Kier alpha value is -0.610. The third-order valence-electron chi connectivity index (χ3n) is 4.34. The molecule has 1 unspecified atom stereocenters. The van der Waals surface area contributed by atoms with Crippen molar-refractivity contribution >= 4 is 5.91 Å². The predicted octanol–water partition coefficient (Wildman–Crippen LogP) is 0.293. The second kappa shape index (κ2) is 4.94. The number of nitrogens with one attached hydrogen (secondary N) is 1. The van der Waals surface area contributed by atoms with Crippen molar-refractivity contribution in [1.29, 1.82) is 0 Å². The molecule has 1 atom stereocenters. The van der Waals surface area contributed by atoms with Gasteiger partial charge in [0.25, 0.3) is 0 Å². The highest BCUT2D eigenvalue weighted by Gasteiger charge is 2.33. The van der Waals surface area contributed by atoms with Crippen LogP contribution in [0.4, 0.5) is 0 Å². The Morgan fingerprint density at radius 3 is 2.59 bits per heavy atom. The van der Waals surface area contributed by atoms with Crippen LogP contribution in [-0.2, 0) is 4.79 Å². The van der Waals surface area contributed by atoms with Crippen LogP contribution in [0.3, 0.4) is 0 Å². The van der Waals surface area contributed by atoms with Gasteiger partial charge in [0.15, 0.2) is 0 Å². The number of carbonyl (C=O) groups excluding carboxylic acids is 1. The molecule has 1 N–H and O–H groups in total. The Bertz CT molecular complexity index is 284. The summed E-state index contributed by atoms with van der Waals surface area (Å²) in [6.07, 6.45) is 4.55. The molecule has 2 saturated heterocycles. The molecule has 0 aromatic carbocycles. The summed E-state index contributed by atoms with van der Waals surface area (Å²) in [5, 5.41) is 3.38. The van der Waals surface area contributed by atoms with Crippen molar-refractivity contribution in [2.45, 2.75) is 31.7 Å². The summed E-state index contributed by atoms with van der Waals surface area (Å²) >= 11 is 0. The molecular weight excluding hydrogens is 214 g/mol. The molecule has 0 spiro atoms. The molecule has 0 radical (unpaired) electrons. The van der Waals surface area contributed by atoms with Crippen LogP contribution in [0.2, 0.25) is 0 Å². The Morgan fingerprint density at radius 2 is 1.88 bits per heavy atom. The molecule has 1 saturated carbocycles. The standard InChI is InChI=1S/C13H23N3O/c17-13(9-11-1-2-11)16-6-3-12(10-16)15-7-4-14-5-8-15/h11-12,14H,1-10H2. The summed E-state index contributed by atoms with van der Waals surface area (Å²) in [6.45, 7) is 6.47. The van der Waals surface area contributed by atoms with Crippen LogP contribution in [-0.4, -0.2) is 61.0 Å². The minimum Gasteiger partial charge on any atom is -0.341 e. The van der Waals surface area contributed by atoms with E-state index in [1.807, 2.05) is 0 Å². The fraction of sp³-hybridized carbons (Fsp3) is 0.923. The van der Waals surface area contributed by atoms with E-state index in [0.29, 0.717) is 11.9 Å². The van der Waals surface area contributed by atoms with Gasteiger partial charge in [-0.25, -0.2) is 0 Å². The average molecular weight is 237 g/mol. The fourth-order valence-electron chi connectivity index (χ4n) is 3.01. The van der Waals surface area contributed by atoms with Crippen LogP contribution < -0.4 is 5.32 Å². The van der Waals surface area contributed by atoms with Crippen LogP contribution in [0.1, 0.15) is 25.7 Å². The number of rotatable bonds is 3. The van der Waals surface area contributed by atoms with Crippen LogP contribution in [0.15, 0.2) is 0 Å². The number of hydrogen-bond acceptors (Lipinski definition) is 3. The normalized spacial score (nSPS) is 30.8. The van der Waals surface area contributed by atoms with Crippen LogP contribution in [0.25, 0.3) is 0 Å². The summed E-state index contributed by atoms with van der Waals surface area (Å²) in [7, 11) is 0. The number of piperazine rings is 1. The van der Waals surface area contributed by atoms with Crippen LogP contribution in [0, 0.1) is 5.92 Å². The quantitative estimate of drug-likeness (QED) is 0.766. The van der Waals surface area contributed by atoms with Crippen molar-refractivity contribution < 1.29 is 4.79 Å². The van der Waals surface area contributed by atoms with Crippen LogP contribution >= 0.6 is 0 Å². The van der Waals surface area contributed by atoms with Gasteiger partial charge in [0.2, 0.25) is 5.91 Å². The number of carbonyl (C=O) groups is 1. The summed E-state index contributed by atoms with van der Waals surface area (Å²) < 4.78 is 0. The zero-order chi connectivity index (χ0) is 11.7. The maximum absolute atomic E-state index is 12.0. The number of nitrogens with zero attached hydrogens (tertiary/aromatic N) is 2. The smallest absolute Gasteiger partial charge is 0.222 e. The van der Waals surface area contributed by atoms with E-state index in [4.69, 9.17) is 0 Å². The number of likely N-dealkylation sites (tertiary alicyclic amines) is 1. The van der Waals surface area contributed by atoms with E-state index >= 15 is 0 Å². The zero-order valence-electron chi connectivity index (χ0n) is 10.5. The molecular formula is C13H23N3O. The van der Waals surface area contributed by atoms with Crippen molar-refractivity contribution in [3.05, 3.63) is 0 Å². The molecule has 1 aliphatic carbocycles. The summed E-state index contributed by atoms with van der Waals surface area (Å²) in [5.74, 6) is 1.13. The third kappa shape index (κ3) is 2.80. The lowest BCUT2D eigenvalue weighted by Gasteiger charge is -2.32. The molecule has 0 aromatic heterocycles. The predicted molar refractivity (Wildman–Crippen MR) is 66.8 cm³/mol. The lowest BCUT2D eigenvalue weighted by Crippen LogP contribution is -2.49. The van der Waals surface area contributed by atoms with Crippen molar-refractivity contribution in [1.82, 2.24) is 15.1 Å². The lowest BCUT2D eigenvalue weighted by molar-refractivity contribution is -0.130. The molecule has 3 fully saturated rings. The molecule has 0 bridgehead atoms. The van der Waals surface area contributed by atoms with Gasteiger partial charge >= 0.3 is 0 Å². The van der Waals surface area contributed by atoms with Gasteiger partial charge in [0.05, 0.1) is 0 Å². The highest BCUT2D eigenvalue weighted by Crippen LogP contribution is 2.33. The zero-order valence-corrected chi connectivity index (χ0v) is 10.5. The van der Waals surface area contributed by atoms with Crippen molar-refractivity contribution in [2.24, 2.45) is 5.92 Å². The third-order valence-corrected chi connectivity index (χ3v) is 4.34. The maximum Gasteiger partial charge on any atom is 0.222 e. The summed E-state index contributed by atoms with van der Waals surface area (Å²) in [5.41, 5.74) is 0. The molecule has 96 valence electrons. The van der Waals surface area contributed by atoms with Gasteiger partial charge in [0.1, 0.15) is 0 Å². The van der Waals surface area contributed by atoms with Gasteiger partial charge in [0, 0.05) is 51.7 Å². The van der Waals surface area contributed by atoms with E-state index in [1.54, 1.807) is 0 Å². The number of amides is 1. The van der Waals surface area contributed by atoms with E-state index in [9.17, 15) is 4.79 Å². The largest absolute Gasteiger partial charge is 0.341 e. The Kier molecular flexibility index (Phi) is 3.34. The highest BCUT2D eigenvalue weighted by atomic mass is 16.2. The minimum absolute atomic E-state index is 0.408. The highest BCUT2D eigenvalue weighted by molar-refractivity contribution is 5.77. The second-order valence-electron chi connectivity index (χ2n) is 5.72. The van der Waals surface area contributed by atoms with E-state index in [0.717, 1.165) is 51.6 Å². The van der Waals surface area contributed by atoms with E-state index in [-0.39, 0.29) is 0 Å². The Labute approximate surface area is 103 Å². The Morgan fingerprint density at radius 1 is 1.12 bits per heavy atom. The molecule has 2 aliphatic heterocycles. The molecule has 1 amide bonds. The summed E-state index contributed by atoms with van der Waals surface area (Å²) in [4.78, 5) is 16.7. The minimum atomic E-state index is 0.408. The van der Waals surface area contributed by atoms with Gasteiger partial charge in [-0.15, -0.1) is 0 Å². The van der Waals surface area contributed by atoms with E-state index < -0.39 is 0 Å². The van der Waals surface area contributed by atoms with Gasteiger partial charge < -0.3 is 10.2 Å². The second-order valence-corrected chi connectivity index (χ2v) is 5.72. The average Bonchev–Trinajstić information content (AvgIpc) is 3.04. The SMILES string of the molecule is O=C(CC1CC1)N1CCC(N2CCNCC2)C1. The van der Waals surface area contributed by atoms with Gasteiger partial charge in [-0.1, -0.05) is 0 Å². The first-order valence-electron chi connectivity index (χ1n) is 7.05. The maximum atomic E-state index is 12.0. The number of hydrogen-bond donors (Lipinski definition) is 1. The lowest BCUT2D eigenvalue weighted by atomic mass is 10.2. The molecule has 3 aliphatic rings. The molecule has 0 aromatic rings. The first-order chi connectivity index (χ1) is 8.33. The van der Waals surface area contributed by atoms with Gasteiger partial charge in [-0.2, -0.15) is 0 Å². The van der Waals surface area contributed by atoms with E-state index in [2.05, 4.69) is 15.1 Å². The molecule has 4 heteroatoms. The van der Waals surface area contributed by atoms with Crippen molar-refractivity contribution in [3.63, 3.8) is 0 Å². The topological polar surface area (TPSA) is 35.6 Å². The van der Waals surface area contributed by atoms with Gasteiger partial charge in [-0.3, -0.25) is 9.69 Å². The molecule has 17 heavy (non-hydrogen) atoms. The monoisotopic (exact) mass is 237 g/mol. The first kappa shape index (κ1) is 11.5. The first-order valence-corrected chi connectivity index (χ1v) is 7.05. The van der Waals surface area contributed by atoms with E-state index in [1.165, 1.54) is 19.3 Å². The molecule has 3 rings (SSSR count). The van der Waals surface area contributed by atoms with Crippen molar-refractivity contribution in [2.75, 3.05) is 39.3 Å². The fourth-order valence-corrected chi connectivity index (χ4v) is 3.01. The van der Waals surface area contributed by atoms with Crippen LogP contribution in [0.5, 0.6) is 0 Å². The van der Waals surface area contributed by atoms with Crippen molar-refractivity contribution in [3.8, 4) is 0 Å². The summed E-state index contributed by atoms with van der Waals surface area (Å²) in [6, 6.07) is 0.625. The molecule has 2 heterocycles. The Balaban J connectivity index is 1.48.